The molecular weight excluding hydrogens is 230 g/mol. The molecule has 1 heterocycles. The van der Waals surface area contributed by atoms with E-state index in [4.69, 9.17) is 4.74 Å². The van der Waals surface area contributed by atoms with Crippen LogP contribution >= 0.6 is 11.3 Å². The summed E-state index contributed by atoms with van der Waals surface area (Å²) < 4.78 is 5.42. The average Bonchev–Trinajstić information content (AvgIpc) is 2.76. The third kappa shape index (κ3) is 4.32. The zero-order valence-electron chi connectivity index (χ0n) is 11.5. The van der Waals surface area contributed by atoms with Crippen LogP contribution in [0.2, 0.25) is 0 Å². The van der Waals surface area contributed by atoms with Gasteiger partial charge in [-0.1, -0.05) is 33.6 Å². The van der Waals surface area contributed by atoms with Crippen molar-refractivity contribution in [3.05, 3.63) is 16.3 Å². The molecular formula is C14H25NOS. The molecule has 2 nitrogen and oxygen atoms in total. The maximum atomic E-state index is 5.42. The Morgan fingerprint density at radius 1 is 1.41 bits per heavy atom. The number of ether oxygens (including phenoxy) is 1. The second-order valence-corrected chi connectivity index (χ2v) is 5.54. The van der Waals surface area contributed by atoms with Crippen LogP contribution in [0.15, 0.2) is 11.4 Å². The summed E-state index contributed by atoms with van der Waals surface area (Å²) in [7, 11) is 1.75. The molecule has 1 aromatic rings. The topological polar surface area (TPSA) is 21.3 Å². The van der Waals surface area contributed by atoms with Gasteiger partial charge in [-0.15, -0.1) is 11.3 Å². The van der Waals surface area contributed by atoms with Crippen molar-refractivity contribution >= 4 is 11.3 Å². The number of hydrogen-bond donors (Lipinski definition) is 1. The van der Waals surface area contributed by atoms with Gasteiger partial charge in [-0.05, 0) is 30.3 Å². The Morgan fingerprint density at radius 3 is 2.76 bits per heavy atom. The molecule has 0 bridgehead atoms. The number of methoxy groups -OCH3 is 1. The van der Waals surface area contributed by atoms with Gasteiger partial charge in [0.1, 0.15) is 5.75 Å². The summed E-state index contributed by atoms with van der Waals surface area (Å²) in [6.45, 7) is 7.76. The second-order valence-electron chi connectivity index (χ2n) is 4.59. The van der Waals surface area contributed by atoms with Crippen LogP contribution in [0.3, 0.4) is 0 Å². The van der Waals surface area contributed by atoms with Gasteiger partial charge >= 0.3 is 0 Å². The molecule has 0 aromatic carbocycles. The van der Waals surface area contributed by atoms with Gasteiger partial charge in [-0.2, -0.15) is 0 Å². The number of rotatable bonds is 8. The van der Waals surface area contributed by atoms with Crippen LogP contribution in [0, 0.1) is 5.92 Å². The Hall–Kier alpha value is -0.540. The van der Waals surface area contributed by atoms with Gasteiger partial charge in [0.2, 0.25) is 0 Å². The van der Waals surface area contributed by atoms with E-state index in [1.54, 1.807) is 18.4 Å². The van der Waals surface area contributed by atoms with Gasteiger partial charge in [0.25, 0.3) is 0 Å². The van der Waals surface area contributed by atoms with E-state index in [2.05, 4.69) is 37.5 Å². The molecule has 2 unspecified atom stereocenters. The monoisotopic (exact) mass is 255 g/mol. The van der Waals surface area contributed by atoms with Crippen molar-refractivity contribution in [2.75, 3.05) is 13.7 Å². The van der Waals surface area contributed by atoms with Crippen molar-refractivity contribution in [3.63, 3.8) is 0 Å². The van der Waals surface area contributed by atoms with Gasteiger partial charge in [-0.25, -0.2) is 0 Å². The Kier molecular flexibility index (Phi) is 6.60. The quantitative estimate of drug-likeness (QED) is 0.750. The van der Waals surface area contributed by atoms with Crippen molar-refractivity contribution in [3.8, 4) is 5.75 Å². The summed E-state index contributed by atoms with van der Waals surface area (Å²) in [6, 6.07) is 2.51. The largest absolute Gasteiger partial charge is 0.496 e. The Morgan fingerprint density at radius 2 is 2.18 bits per heavy atom. The summed E-state index contributed by atoms with van der Waals surface area (Å²) >= 11 is 1.79. The van der Waals surface area contributed by atoms with Crippen molar-refractivity contribution in [1.82, 2.24) is 5.32 Å². The molecule has 0 saturated heterocycles. The van der Waals surface area contributed by atoms with E-state index < -0.39 is 0 Å². The Labute approximate surface area is 109 Å². The fourth-order valence-electron chi connectivity index (χ4n) is 2.27. The van der Waals surface area contributed by atoms with Crippen molar-refractivity contribution in [2.24, 2.45) is 5.92 Å². The van der Waals surface area contributed by atoms with Gasteiger partial charge in [0.15, 0.2) is 0 Å². The zero-order chi connectivity index (χ0) is 12.7. The predicted molar refractivity (Wildman–Crippen MR) is 76.0 cm³/mol. The van der Waals surface area contributed by atoms with E-state index in [9.17, 15) is 0 Å². The maximum absolute atomic E-state index is 5.42. The summed E-state index contributed by atoms with van der Waals surface area (Å²) in [6.07, 6.45) is 3.76. The molecule has 0 radical (unpaired) electrons. The molecule has 0 aliphatic carbocycles. The maximum Gasteiger partial charge on any atom is 0.134 e. The summed E-state index contributed by atoms with van der Waals surface area (Å²) in [5.74, 6) is 1.79. The molecule has 0 spiro atoms. The number of nitrogens with one attached hydrogen (secondary N) is 1. The fraction of sp³-hybridized carbons (Fsp3) is 0.714. The molecule has 17 heavy (non-hydrogen) atoms. The van der Waals surface area contributed by atoms with Crippen LogP contribution in [0.1, 0.15) is 51.0 Å². The van der Waals surface area contributed by atoms with Crippen LogP contribution in [-0.4, -0.2) is 13.7 Å². The highest BCUT2D eigenvalue weighted by Gasteiger charge is 2.19. The molecule has 0 aliphatic rings. The first-order valence-corrected chi connectivity index (χ1v) is 7.45. The summed E-state index contributed by atoms with van der Waals surface area (Å²) in [5.41, 5.74) is 0. The van der Waals surface area contributed by atoms with Crippen molar-refractivity contribution in [1.29, 1.82) is 0 Å². The molecule has 0 fully saturated rings. The van der Waals surface area contributed by atoms with Gasteiger partial charge in [0, 0.05) is 6.04 Å². The van der Waals surface area contributed by atoms with Crippen LogP contribution in [0.5, 0.6) is 5.75 Å². The lowest BCUT2D eigenvalue weighted by atomic mass is 9.96. The number of thiophene rings is 1. The van der Waals surface area contributed by atoms with E-state index in [1.807, 2.05) is 0 Å². The highest BCUT2D eigenvalue weighted by molar-refractivity contribution is 7.10. The molecule has 0 amide bonds. The van der Waals surface area contributed by atoms with E-state index in [0.717, 1.165) is 18.2 Å². The van der Waals surface area contributed by atoms with E-state index in [0.29, 0.717) is 6.04 Å². The minimum atomic E-state index is 0.441. The molecule has 1 N–H and O–H groups in total. The van der Waals surface area contributed by atoms with E-state index in [1.165, 1.54) is 24.1 Å². The minimum Gasteiger partial charge on any atom is -0.496 e. The molecule has 0 aliphatic heterocycles. The standard InChI is InChI=1S/C14H25NOS/c1-5-7-11(3)10-12(15-6-2)14-13(16-4)8-9-17-14/h8-9,11-12,15H,5-7,10H2,1-4H3. The van der Waals surface area contributed by atoms with Gasteiger partial charge in [-0.3, -0.25) is 0 Å². The highest BCUT2D eigenvalue weighted by Crippen LogP contribution is 2.34. The predicted octanol–water partition coefficient (Wildman–Crippen LogP) is 4.23. The average molecular weight is 255 g/mol. The lowest BCUT2D eigenvalue weighted by molar-refractivity contribution is 0.373. The smallest absolute Gasteiger partial charge is 0.134 e. The Bertz CT molecular complexity index is 311. The summed E-state index contributed by atoms with van der Waals surface area (Å²) in [5, 5.41) is 5.69. The number of hydrogen-bond acceptors (Lipinski definition) is 3. The molecule has 98 valence electrons. The lowest BCUT2D eigenvalue weighted by Gasteiger charge is -2.21. The van der Waals surface area contributed by atoms with Crippen LogP contribution < -0.4 is 10.1 Å². The van der Waals surface area contributed by atoms with Gasteiger partial charge in [0.05, 0.1) is 12.0 Å². The van der Waals surface area contributed by atoms with Crippen LogP contribution in [0.25, 0.3) is 0 Å². The first-order chi connectivity index (χ1) is 8.22. The fourth-order valence-corrected chi connectivity index (χ4v) is 3.22. The van der Waals surface area contributed by atoms with Crippen molar-refractivity contribution in [2.45, 2.75) is 46.1 Å². The minimum absolute atomic E-state index is 0.441. The first-order valence-electron chi connectivity index (χ1n) is 6.57. The van der Waals surface area contributed by atoms with E-state index >= 15 is 0 Å². The normalized spacial score (nSPS) is 14.6. The van der Waals surface area contributed by atoms with Crippen molar-refractivity contribution < 1.29 is 4.74 Å². The molecule has 0 saturated carbocycles. The Balaban J connectivity index is 2.71. The van der Waals surface area contributed by atoms with Crippen LogP contribution in [-0.2, 0) is 0 Å². The molecule has 2 atom stereocenters. The zero-order valence-corrected chi connectivity index (χ0v) is 12.3. The molecule has 1 rings (SSSR count). The third-order valence-electron chi connectivity index (χ3n) is 3.06. The first kappa shape index (κ1) is 14.5. The van der Waals surface area contributed by atoms with Crippen LogP contribution in [0.4, 0.5) is 0 Å². The lowest BCUT2D eigenvalue weighted by Crippen LogP contribution is -2.22. The second kappa shape index (κ2) is 7.72. The van der Waals surface area contributed by atoms with Gasteiger partial charge < -0.3 is 10.1 Å². The summed E-state index contributed by atoms with van der Waals surface area (Å²) in [4.78, 5) is 1.34. The molecule has 3 heteroatoms. The molecule has 1 aromatic heterocycles. The van der Waals surface area contributed by atoms with E-state index in [-0.39, 0.29) is 0 Å². The SMILES string of the molecule is CCCC(C)CC(NCC)c1sccc1OC. The third-order valence-corrected chi connectivity index (χ3v) is 4.08. The highest BCUT2D eigenvalue weighted by atomic mass is 32.1.